The summed E-state index contributed by atoms with van der Waals surface area (Å²) in [6, 6.07) is 0. The minimum absolute atomic E-state index is 0.439. The summed E-state index contributed by atoms with van der Waals surface area (Å²) in [6.45, 7) is 2.12. The third-order valence-corrected chi connectivity index (χ3v) is 2.05. The molecule has 0 aromatic carbocycles. The zero-order chi connectivity index (χ0) is 15.2. The van der Waals surface area contributed by atoms with Gasteiger partial charge in [0.05, 0.1) is 6.33 Å². The van der Waals surface area contributed by atoms with Crippen molar-refractivity contribution in [1.29, 1.82) is 0 Å². The number of H-pyrrole nitrogens is 1. The lowest BCUT2D eigenvalue weighted by atomic mass is 10.3. The minimum Gasteiger partial charge on any atom is -0.382 e. The number of hydrogen-bond acceptors (Lipinski definition) is 5. The van der Waals surface area contributed by atoms with Gasteiger partial charge >= 0.3 is 7.82 Å². The number of imidazole rings is 1. The normalized spacial score (nSPS) is 11.6. The van der Waals surface area contributed by atoms with Crippen LogP contribution in [0.5, 0.6) is 0 Å². The molecule has 0 aliphatic carbocycles. The fourth-order valence-corrected chi connectivity index (χ4v) is 1.30. The van der Waals surface area contributed by atoms with Crippen molar-refractivity contribution >= 4 is 30.9 Å². The van der Waals surface area contributed by atoms with E-state index in [4.69, 9.17) is 25.0 Å². The Hall–Kier alpha value is -1.80. The van der Waals surface area contributed by atoms with Gasteiger partial charge in [-0.25, -0.2) is 19.5 Å². The molecule has 10 heteroatoms. The number of aromatic nitrogens is 4. The highest BCUT2D eigenvalue weighted by Gasteiger charge is 2.04. The summed E-state index contributed by atoms with van der Waals surface area (Å²) in [4.78, 5) is 36.9. The highest BCUT2D eigenvalue weighted by atomic mass is 31.2. The first-order valence-electron chi connectivity index (χ1n) is 5.72. The molecule has 0 unspecified atom stereocenters. The van der Waals surface area contributed by atoms with E-state index in [-0.39, 0.29) is 0 Å². The Bertz CT molecular complexity index is 627. The van der Waals surface area contributed by atoms with Gasteiger partial charge in [0.2, 0.25) is 0 Å². The van der Waals surface area contributed by atoms with Crippen LogP contribution in [0.1, 0.15) is 25.6 Å². The molecule has 20 heavy (non-hydrogen) atoms. The van der Waals surface area contributed by atoms with Gasteiger partial charge < -0.3 is 25.4 Å². The summed E-state index contributed by atoms with van der Waals surface area (Å²) in [5.74, 6) is 1.05. The van der Waals surface area contributed by atoms with E-state index in [0.717, 1.165) is 12.8 Å². The highest BCUT2D eigenvalue weighted by molar-refractivity contribution is 7.45. The number of nitrogens with one attached hydrogen (secondary N) is 1. The van der Waals surface area contributed by atoms with Crippen LogP contribution >= 0.6 is 7.82 Å². The van der Waals surface area contributed by atoms with Crippen LogP contribution in [0.2, 0.25) is 0 Å². The number of nitrogens with zero attached hydrogens (tertiary/aromatic N) is 3. The van der Waals surface area contributed by atoms with Crippen molar-refractivity contribution in [3.8, 4) is 0 Å². The van der Waals surface area contributed by atoms with Gasteiger partial charge in [-0.1, -0.05) is 19.4 Å². The summed E-state index contributed by atoms with van der Waals surface area (Å²) in [7, 11) is -4.64. The first-order chi connectivity index (χ1) is 9.31. The Morgan fingerprint density at radius 1 is 1.40 bits per heavy atom. The van der Waals surface area contributed by atoms with Gasteiger partial charge in [-0.2, -0.15) is 0 Å². The molecule has 0 aliphatic heterocycles. The first kappa shape index (κ1) is 16.3. The fourth-order valence-electron chi connectivity index (χ4n) is 1.30. The van der Waals surface area contributed by atoms with Crippen molar-refractivity contribution in [3.05, 3.63) is 18.2 Å². The number of rotatable bonds is 3. The molecule has 0 radical (unpaired) electrons. The first-order valence-corrected chi connectivity index (χ1v) is 7.29. The van der Waals surface area contributed by atoms with Crippen molar-refractivity contribution in [2.75, 3.05) is 5.73 Å². The smallest absolute Gasteiger partial charge is 0.382 e. The molecule has 0 saturated heterocycles. The maximum Gasteiger partial charge on any atom is 0.466 e. The summed E-state index contributed by atoms with van der Waals surface area (Å²) in [6.07, 6.45) is 7.59. The van der Waals surface area contributed by atoms with Gasteiger partial charge in [0, 0.05) is 0 Å². The van der Waals surface area contributed by atoms with Crippen LogP contribution in [-0.2, 0) is 4.57 Å². The third-order valence-electron chi connectivity index (χ3n) is 2.05. The van der Waals surface area contributed by atoms with Gasteiger partial charge in [0.25, 0.3) is 0 Å². The van der Waals surface area contributed by atoms with Crippen LogP contribution in [0.15, 0.2) is 12.4 Å². The Labute approximate surface area is 114 Å². The molecule has 2 aromatic heterocycles. The van der Waals surface area contributed by atoms with E-state index in [1.165, 1.54) is 0 Å². The molecule has 0 bridgehead atoms. The zero-order valence-corrected chi connectivity index (χ0v) is 11.7. The predicted molar refractivity (Wildman–Crippen MR) is 74.3 cm³/mol. The topological polar surface area (TPSA) is 158 Å². The predicted octanol–water partition coefficient (Wildman–Crippen LogP) is 0.820. The Morgan fingerprint density at radius 3 is 2.65 bits per heavy atom. The van der Waals surface area contributed by atoms with E-state index < -0.39 is 7.82 Å². The standard InChI is InChI=1S/C10H13N5.H3O4P/c1-2-3-4-5-7-14-9(11)8-10(15-7)13-6-12-8;1-5(2,3)4/h4-6H,2-3H2,1H3,(H3,11,12,13,14,15);(H3,1,2,3,4). The van der Waals surface area contributed by atoms with Gasteiger partial charge in [-0.15, -0.1) is 0 Å². The molecule has 2 rings (SSSR count). The molecule has 9 nitrogen and oxygen atoms in total. The molecule has 2 aromatic rings. The van der Waals surface area contributed by atoms with E-state index in [0.29, 0.717) is 22.8 Å². The number of aromatic amines is 1. The number of fused-ring (bicyclic) bond motifs is 1. The molecule has 6 N–H and O–H groups in total. The molecular formula is C10H16N5O4P. The van der Waals surface area contributed by atoms with Crippen LogP contribution in [0.3, 0.4) is 0 Å². The molecule has 2 heterocycles. The molecule has 0 saturated carbocycles. The van der Waals surface area contributed by atoms with Crippen molar-refractivity contribution in [2.45, 2.75) is 19.8 Å². The van der Waals surface area contributed by atoms with Gasteiger partial charge in [-0.3, -0.25) is 0 Å². The molecule has 0 fully saturated rings. The molecular weight excluding hydrogens is 285 g/mol. The number of nitrogen functional groups attached to an aromatic ring is 1. The van der Waals surface area contributed by atoms with Gasteiger partial charge in [-0.05, 0) is 12.5 Å². The zero-order valence-electron chi connectivity index (χ0n) is 10.8. The van der Waals surface area contributed by atoms with Crippen LogP contribution in [0.4, 0.5) is 5.82 Å². The van der Waals surface area contributed by atoms with Gasteiger partial charge in [0.1, 0.15) is 5.52 Å². The monoisotopic (exact) mass is 301 g/mol. The van der Waals surface area contributed by atoms with E-state index in [1.54, 1.807) is 6.33 Å². The molecule has 0 aliphatic rings. The molecule has 0 atom stereocenters. The second kappa shape index (κ2) is 7.11. The second-order valence-electron chi connectivity index (χ2n) is 3.77. The van der Waals surface area contributed by atoms with Crippen LogP contribution in [0.25, 0.3) is 17.2 Å². The lowest BCUT2D eigenvalue weighted by Gasteiger charge is -1.96. The van der Waals surface area contributed by atoms with E-state index in [2.05, 4.69) is 26.9 Å². The summed E-state index contributed by atoms with van der Waals surface area (Å²) < 4.78 is 8.88. The van der Waals surface area contributed by atoms with Crippen molar-refractivity contribution in [1.82, 2.24) is 19.9 Å². The summed E-state index contributed by atoms with van der Waals surface area (Å²) in [5, 5.41) is 0. The van der Waals surface area contributed by atoms with E-state index in [1.807, 2.05) is 12.2 Å². The number of hydrogen-bond donors (Lipinski definition) is 5. The Kier molecular flexibility index (Phi) is 5.78. The van der Waals surface area contributed by atoms with Crippen LogP contribution < -0.4 is 5.73 Å². The molecule has 110 valence electrons. The lowest BCUT2D eigenvalue weighted by molar-refractivity contribution is 0.275. The van der Waals surface area contributed by atoms with Crippen LogP contribution in [-0.4, -0.2) is 34.6 Å². The number of phosphoric acid groups is 1. The maximum atomic E-state index is 8.88. The van der Waals surface area contributed by atoms with Crippen LogP contribution in [0, 0.1) is 0 Å². The number of allylic oxidation sites excluding steroid dienone is 1. The number of nitrogens with two attached hydrogens (primary N) is 1. The van der Waals surface area contributed by atoms with Crippen molar-refractivity contribution in [3.63, 3.8) is 0 Å². The Morgan fingerprint density at radius 2 is 2.05 bits per heavy atom. The van der Waals surface area contributed by atoms with E-state index >= 15 is 0 Å². The molecule has 0 spiro atoms. The lowest BCUT2D eigenvalue weighted by Crippen LogP contribution is -1.96. The SMILES string of the molecule is CCCC=Cc1nc(N)c2[nH]cnc2n1.O=P(O)(O)O. The average molecular weight is 301 g/mol. The second-order valence-corrected chi connectivity index (χ2v) is 4.80. The minimum atomic E-state index is -4.64. The summed E-state index contributed by atoms with van der Waals surface area (Å²) >= 11 is 0. The van der Waals surface area contributed by atoms with Gasteiger partial charge in [0.15, 0.2) is 17.3 Å². The fraction of sp³-hybridized carbons (Fsp3) is 0.300. The van der Waals surface area contributed by atoms with E-state index in [9.17, 15) is 0 Å². The van der Waals surface area contributed by atoms with Crippen molar-refractivity contribution < 1.29 is 19.2 Å². The highest BCUT2D eigenvalue weighted by Crippen LogP contribution is 2.25. The third kappa shape index (κ3) is 5.89. The average Bonchev–Trinajstić information content (AvgIpc) is 2.76. The number of unbranched alkanes of at least 4 members (excludes halogenated alkanes) is 1. The largest absolute Gasteiger partial charge is 0.466 e. The summed E-state index contributed by atoms with van der Waals surface area (Å²) in [5.41, 5.74) is 7.06. The number of anilines is 1. The Balaban J connectivity index is 0.000000347. The maximum absolute atomic E-state index is 8.88. The molecule has 0 amide bonds. The quantitative estimate of drug-likeness (QED) is 0.521. The van der Waals surface area contributed by atoms with Crippen molar-refractivity contribution in [2.24, 2.45) is 0 Å².